The second-order valence-electron chi connectivity index (χ2n) is 4.23. The van der Waals surface area contributed by atoms with Gasteiger partial charge < -0.3 is 0 Å². The maximum atomic E-state index is 12.6. The number of hydrogen-bond acceptors (Lipinski definition) is 4. The summed E-state index contributed by atoms with van der Waals surface area (Å²) in [5, 5.41) is 0.186. The van der Waals surface area contributed by atoms with E-state index < -0.39 is 10.0 Å². The van der Waals surface area contributed by atoms with Gasteiger partial charge in [0.25, 0.3) is 0 Å². The van der Waals surface area contributed by atoms with Gasteiger partial charge in [-0.1, -0.05) is 30.1 Å². The van der Waals surface area contributed by atoms with Crippen molar-refractivity contribution in [3.05, 3.63) is 52.5 Å². The van der Waals surface area contributed by atoms with Gasteiger partial charge in [0, 0.05) is 31.7 Å². The maximum absolute atomic E-state index is 12.6. The molecule has 0 aliphatic rings. The molecule has 0 spiro atoms. The van der Waals surface area contributed by atoms with Gasteiger partial charge in [-0.3, -0.25) is 4.98 Å². The first-order valence-corrected chi connectivity index (χ1v) is 8.35. The van der Waals surface area contributed by atoms with Crippen molar-refractivity contribution in [3.63, 3.8) is 0 Å². The Bertz CT molecular complexity index is 723. The van der Waals surface area contributed by atoms with E-state index in [-0.39, 0.29) is 21.6 Å². The van der Waals surface area contributed by atoms with E-state index in [1.165, 1.54) is 16.6 Å². The highest BCUT2D eigenvalue weighted by atomic mass is 35.5. The number of hydrogen-bond donors (Lipinski definition) is 0. The predicted molar refractivity (Wildman–Crippen MR) is 81.8 cm³/mol. The molecule has 0 radical (unpaired) electrons. The van der Waals surface area contributed by atoms with Crippen molar-refractivity contribution in [1.82, 2.24) is 14.3 Å². The molecule has 0 bridgehead atoms. The van der Waals surface area contributed by atoms with E-state index in [4.69, 9.17) is 23.2 Å². The Morgan fingerprint density at radius 1 is 1.24 bits per heavy atom. The smallest absolute Gasteiger partial charge is 0.244 e. The Balaban J connectivity index is 2.33. The van der Waals surface area contributed by atoms with Crippen LogP contribution in [0.1, 0.15) is 12.5 Å². The van der Waals surface area contributed by atoms with Gasteiger partial charge in [0.1, 0.15) is 10.0 Å². The standard InChI is InChI=1S/C13H13Cl2N3O2S/c1-2-18(9-10-3-5-16-6-4-10)21(19,20)11-7-12(14)13(15)17-8-11/h3-8H,2,9H2,1H3. The third-order valence-corrected chi connectivity index (χ3v) is 5.44. The Morgan fingerprint density at radius 3 is 2.48 bits per heavy atom. The zero-order valence-electron chi connectivity index (χ0n) is 11.2. The van der Waals surface area contributed by atoms with E-state index in [1.807, 2.05) is 0 Å². The van der Waals surface area contributed by atoms with E-state index in [0.717, 1.165) is 5.56 Å². The van der Waals surface area contributed by atoms with Crippen LogP contribution in [0.2, 0.25) is 10.2 Å². The summed E-state index contributed by atoms with van der Waals surface area (Å²) in [5.41, 5.74) is 0.850. The van der Waals surface area contributed by atoms with Gasteiger partial charge in [-0.25, -0.2) is 13.4 Å². The van der Waals surface area contributed by atoms with Crippen LogP contribution >= 0.6 is 23.2 Å². The molecule has 0 amide bonds. The van der Waals surface area contributed by atoms with Gasteiger partial charge >= 0.3 is 0 Å². The molecule has 21 heavy (non-hydrogen) atoms. The Kier molecular flexibility index (Phi) is 5.16. The summed E-state index contributed by atoms with van der Waals surface area (Å²) >= 11 is 11.6. The molecule has 2 heterocycles. The Hall–Kier alpha value is -1.21. The summed E-state index contributed by atoms with van der Waals surface area (Å²) in [6, 6.07) is 4.85. The lowest BCUT2D eigenvalue weighted by atomic mass is 10.3. The maximum Gasteiger partial charge on any atom is 0.244 e. The average molecular weight is 346 g/mol. The lowest BCUT2D eigenvalue weighted by Crippen LogP contribution is -2.30. The van der Waals surface area contributed by atoms with Gasteiger partial charge in [-0.05, 0) is 23.8 Å². The average Bonchev–Trinajstić information content (AvgIpc) is 2.48. The molecule has 0 aromatic carbocycles. The summed E-state index contributed by atoms with van der Waals surface area (Å²) < 4.78 is 26.5. The minimum absolute atomic E-state index is 0.0211. The van der Waals surface area contributed by atoms with Crippen LogP contribution in [0, 0.1) is 0 Å². The van der Waals surface area contributed by atoms with Crippen molar-refractivity contribution >= 4 is 33.2 Å². The number of rotatable bonds is 5. The molecule has 0 fully saturated rings. The SMILES string of the molecule is CCN(Cc1ccncc1)S(=O)(=O)c1cnc(Cl)c(Cl)c1. The van der Waals surface area contributed by atoms with Crippen molar-refractivity contribution in [3.8, 4) is 0 Å². The third-order valence-electron chi connectivity index (χ3n) is 2.87. The molecular weight excluding hydrogens is 333 g/mol. The van der Waals surface area contributed by atoms with Crippen LogP contribution in [0.25, 0.3) is 0 Å². The Labute approximate surface area is 133 Å². The van der Waals surface area contributed by atoms with Crippen molar-refractivity contribution in [2.24, 2.45) is 0 Å². The van der Waals surface area contributed by atoms with E-state index in [1.54, 1.807) is 31.5 Å². The van der Waals surface area contributed by atoms with Gasteiger partial charge in [0.15, 0.2) is 0 Å². The third kappa shape index (κ3) is 3.71. The summed E-state index contributed by atoms with van der Waals surface area (Å²) in [5.74, 6) is 0. The number of pyridine rings is 2. The van der Waals surface area contributed by atoms with Crippen molar-refractivity contribution in [2.45, 2.75) is 18.4 Å². The molecule has 8 heteroatoms. The summed E-state index contributed by atoms with van der Waals surface area (Å²) in [6.45, 7) is 2.34. The normalized spacial score (nSPS) is 11.8. The van der Waals surface area contributed by atoms with E-state index in [0.29, 0.717) is 6.54 Å². The molecule has 112 valence electrons. The molecule has 0 N–H and O–H groups in total. The molecule has 0 atom stereocenters. The Morgan fingerprint density at radius 2 is 1.90 bits per heavy atom. The second-order valence-corrected chi connectivity index (χ2v) is 6.93. The first kappa shape index (κ1) is 16.2. The van der Waals surface area contributed by atoms with Crippen molar-refractivity contribution < 1.29 is 8.42 Å². The molecule has 0 unspecified atom stereocenters. The second kappa shape index (κ2) is 6.70. The molecule has 2 aromatic rings. The molecule has 0 saturated carbocycles. The van der Waals surface area contributed by atoms with Crippen molar-refractivity contribution in [1.29, 1.82) is 0 Å². The van der Waals surface area contributed by atoms with E-state index in [9.17, 15) is 8.42 Å². The zero-order chi connectivity index (χ0) is 15.5. The van der Waals surface area contributed by atoms with Gasteiger partial charge in [0.05, 0.1) is 5.02 Å². The molecule has 2 aromatic heterocycles. The number of halogens is 2. The minimum atomic E-state index is -3.68. The summed E-state index contributed by atoms with van der Waals surface area (Å²) in [6.07, 6.45) is 4.45. The fourth-order valence-electron chi connectivity index (χ4n) is 1.75. The fraction of sp³-hybridized carbons (Fsp3) is 0.231. The quantitative estimate of drug-likeness (QED) is 0.781. The van der Waals surface area contributed by atoms with Gasteiger partial charge in [0.2, 0.25) is 10.0 Å². The highest BCUT2D eigenvalue weighted by molar-refractivity contribution is 7.89. The highest BCUT2D eigenvalue weighted by Crippen LogP contribution is 2.24. The van der Waals surface area contributed by atoms with Gasteiger partial charge in [-0.2, -0.15) is 4.31 Å². The minimum Gasteiger partial charge on any atom is -0.265 e. The zero-order valence-corrected chi connectivity index (χ0v) is 13.5. The monoisotopic (exact) mass is 345 g/mol. The van der Waals surface area contributed by atoms with E-state index in [2.05, 4.69) is 9.97 Å². The summed E-state index contributed by atoms with van der Waals surface area (Å²) in [7, 11) is -3.68. The van der Waals surface area contributed by atoms with E-state index >= 15 is 0 Å². The van der Waals surface area contributed by atoms with Crippen LogP contribution in [0.5, 0.6) is 0 Å². The molecule has 0 aliphatic carbocycles. The van der Waals surface area contributed by atoms with Crippen LogP contribution in [0.15, 0.2) is 41.7 Å². The fourth-order valence-corrected chi connectivity index (χ4v) is 3.50. The topological polar surface area (TPSA) is 63.2 Å². The summed E-state index contributed by atoms with van der Waals surface area (Å²) in [4.78, 5) is 7.72. The largest absolute Gasteiger partial charge is 0.265 e. The lowest BCUT2D eigenvalue weighted by Gasteiger charge is -2.20. The number of aromatic nitrogens is 2. The van der Waals surface area contributed by atoms with Gasteiger partial charge in [-0.15, -0.1) is 0 Å². The van der Waals surface area contributed by atoms with Crippen LogP contribution in [-0.4, -0.2) is 29.2 Å². The lowest BCUT2D eigenvalue weighted by molar-refractivity contribution is 0.423. The first-order chi connectivity index (χ1) is 9.95. The van der Waals surface area contributed by atoms with Crippen LogP contribution in [-0.2, 0) is 16.6 Å². The highest BCUT2D eigenvalue weighted by Gasteiger charge is 2.24. The van der Waals surface area contributed by atoms with Crippen molar-refractivity contribution in [2.75, 3.05) is 6.54 Å². The first-order valence-electron chi connectivity index (χ1n) is 6.15. The molecule has 0 saturated heterocycles. The molecule has 2 rings (SSSR count). The van der Waals surface area contributed by atoms with Crippen LogP contribution < -0.4 is 0 Å². The molecular formula is C13H13Cl2N3O2S. The number of sulfonamides is 1. The van der Waals surface area contributed by atoms with Crippen LogP contribution in [0.3, 0.4) is 0 Å². The number of nitrogens with zero attached hydrogens (tertiary/aromatic N) is 3. The predicted octanol–water partition coefficient (Wildman–Crippen LogP) is 2.99. The van der Waals surface area contributed by atoms with Crippen LogP contribution in [0.4, 0.5) is 0 Å². The molecule has 5 nitrogen and oxygen atoms in total. The molecule has 0 aliphatic heterocycles.